The number of nitrogens with one attached hydrogen (secondary N) is 1. The first-order valence-electron chi connectivity index (χ1n) is 9.94. The van der Waals surface area contributed by atoms with Crippen LogP contribution in [-0.4, -0.2) is 15.4 Å². The number of non-ortho nitro benzene ring substituents is 1. The van der Waals surface area contributed by atoms with E-state index in [4.69, 9.17) is 11.6 Å². The van der Waals surface area contributed by atoms with Gasteiger partial charge in [0.15, 0.2) is 0 Å². The van der Waals surface area contributed by atoms with Gasteiger partial charge in [0.05, 0.1) is 4.92 Å². The number of nitro groups is 1. The molecule has 4 rings (SSSR count). The minimum atomic E-state index is -0.648. The van der Waals surface area contributed by atoms with Crippen LogP contribution >= 0.6 is 11.6 Å². The maximum Gasteiger partial charge on any atom is 0.271 e. The zero-order chi connectivity index (χ0) is 23.4. The lowest BCUT2D eigenvalue weighted by Crippen LogP contribution is -2.13. The van der Waals surface area contributed by atoms with Crippen molar-refractivity contribution in [2.75, 3.05) is 5.32 Å². The number of hydrogen-bond acceptors (Lipinski definition) is 4. The Bertz CT molecular complexity index is 1450. The normalized spacial score (nSPS) is 11.2. The molecule has 0 aliphatic carbocycles. The Morgan fingerprint density at radius 1 is 1.12 bits per heavy atom. The largest absolute Gasteiger partial charge is 0.342 e. The van der Waals surface area contributed by atoms with Gasteiger partial charge in [-0.05, 0) is 35.9 Å². The first-order chi connectivity index (χ1) is 15.9. The zero-order valence-corrected chi connectivity index (χ0v) is 18.0. The maximum absolute atomic E-state index is 12.7. The predicted octanol–water partition coefficient (Wildman–Crippen LogP) is 5.80. The number of amides is 1. The molecule has 0 spiro atoms. The molecule has 0 fully saturated rings. The average molecular weight is 457 g/mol. The number of hydrogen-bond donors (Lipinski definition) is 1. The van der Waals surface area contributed by atoms with Gasteiger partial charge in [0, 0.05) is 52.1 Å². The van der Waals surface area contributed by atoms with Crippen LogP contribution in [0.5, 0.6) is 0 Å². The fourth-order valence-electron chi connectivity index (χ4n) is 3.55. The number of carbonyl (C=O) groups is 1. The van der Waals surface area contributed by atoms with Crippen molar-refractivity contribution < 1.29 is 9.72 Å². The lowest BCUT2D eigenvalue weighted by Gasteiger charge is -2.06. The summed E-state index contributed by atoms with van der Waals surface area (Å²) in [6, 6.07) is 22.7. The zero-order valence-electron chi connectivity index (χ0n) is 17.2. The summed E-state index contributed by atoms with van der Waals surface area (Å²) in [5.41, 5.74) is 2.63. The van der Waals surface area contributed by atoms with E-state index in [0.29, 0.717) is 17.1 Å². The first-order valence-corrected chi connectivity index (χ1v) is 10.3. The van der Waals surface area contributed by atoms with E-state index < -0.39 is 10.8 Å². The predicted molar refractivity (Wildman–Crippen MR) is 128 cm³/mol. The van der Waals surface area contributed by atoms with Crippen molar-refractivity contribution >= 4 is 45.9 Å². The lowest BCUT2D eigenvalue weighted by atomic mass is 10.1. The summed E-state index contributed by atoms with van der Waals surface area (Å²) >= 11 is 6.11. The summed E-state index contributed by atoms with van der Waals surface area (Å²) in [5.74, 6) is -0.648. The Labute approximate surface area is 194 Å². The molecule has 0 atom stereocenters. The van der Waals surface area contributed by atoms with Crippen molar-refractivity contribution in [2.45, 2.75) is 6.54 Å². The number of carbonyl (C=O) groups excluding carboxylic acids is 1. The van der Waals surface area contributed by atoms with Crippen molar-refractivity contribution in [1.82, 2.24) is 4.57 Å². The van der Waals surface area contributed by atoms with Crippen LogP contribution in [-0.2, 0) is 11.3 Å². The van der Waals surface area contributed by atoms with Crippen molar-refractivity contribution in [1.29, 1.82) is 5.26 Å². The van der Waals surface area contributed by atoms with Crippen LogP contribution in [0.4, 0.5) is 11.4 Å². The van der Waals surface area contributed by atoms with Gasteiger partial charge < -0.3 is 9.88 Å². The molecule has 0 saturated heterocycles. The third kappa shape index (κ3) is 4.92. The van der Waals surface area contributed by atoms with E-state index in [1.54, 1.807) is 0 Å². The summed E-state index contributed by atoms with van der Waals surface area (Å²) in [6.45, 7) is 0.566. The molecule has 0 aliphatic heterocycles. The molecule has 0 unspecified atom stereocenters. The summed E-state index contributed by atoms with van der Waals surface area (Å²) in [7, 11) is 0. The summed E-state index contributed by atoms with van der Waals surface area (Å²) in [5, 5.41) is 24.7. The smallest absolute Gasteiger partial charge is 0.271 e. The minimum Gasteiger partial charge on any atom is -0.342 e. The Morgan fingerprint density at radius 2 is 1.91 bits per heavy atom. The van der Waals surface area contributed by atoms with Crippen LogP contribution < -0.4 is 5.32 Å². The van der Waals surface area contributed by atoms with E-state index in [0.717, 1.165) is 16.5 Å². The standard InChI is InChI=1S/C25H17ClN4O3/c26-20-6-3-5-17(11-20)15-29-16-19(23-9-1-2-10-24(23)29)12-18(14-27)25(31)28-21-7-4-8-22(13-21)30(32)33/h1-13,16H,15H2,(H,28,31)/b18-12+. The molecular formula is C25H17ClN4O3. The maximum atomic E-state index is 12.7. The molecule has 1 aromatic heterocycles. The number of anilines is 1. The molecule has 1 N–H and O–H groups in total. The van der Waals surface area contributed by atoms with Crippen LogP contribution in [0.15, 0.2) is 84.6 Å². The molecular weight excluding hydrogens is 440 g/mol. The molecule has 0 bridgehead atoms. The average Bonchev–Trinajstić information content (AvgIpc) is 3.14. The van der Waals surface area contributed by atoms with Crippen molar-refractivity contribution in [3.63, 3.8) is 0 Å². The molecule has 33 heavy (non-hydrogen) atoms. The molecule has 162 valence electrons. The number of nitrogens with zero attached hydrogens (tertiary/aromatic N) is 3. The molecule has 7 nitrogen and oxygen atoms in total. The van der Waals surface area contributed by atoms with Crippen LogP contribution in [0.2, 0.25) is 5.02 Å². The highest BCUT2D eigenvalue weighted by Crippen LogP contribution is 2.26. The second-order valence-electron chi connectivity index (χ2n) is 7.29. The molecule has 1 amide bonds. The number of fused-ring (bicyclic) bond motifs is 1. The number of benzene rings is 3. The van der Waals surface area contributed by atoms with Crippen molar-refractivity contribution in [3.05, 3.63) is 111 Å². The van der Waals surface area contributed by atoms with Gasteiger partial charge in [0.1, 0.15) is 11.6 Å². The molecule has 0 saturated carbocycles. The Kier molecular flexibility index (Phi) is 6.20. The quantitative estimate of drug-likeness (QED) is 0.171. The number of halogens is 1. The third-order valence-corrected chi connectivity index (χ3v) is 5.28. The summed E-state index contributed by atoms with van der Waals surface area (Å²) in [4.78, 5) is 23.1. The van der Waals surface area contributed by atoms with E-state index in [2.05, 4.69) is 5.32 Å². The molecule has 0 radical (unpaired) electrons. The highest BCUT2D eigenvalue weighted by molar-refractivity contribution is 6.30. The molecule has 3 aromatic carbocycles. The number of nitriles is 1. The fourth-order valence-corrected chi connectivity index (χ4v) is 3.77. The van der Waals surface area contributed by atoms with Gasteiger partial charge >= 0.3 is 0 Å². The van der Waals surface area contributed by atoms with Crippen molar-refractivity contribution in [3.8, 4) is 6.07 Å². The van der Waals surface area contributed by atoms with Crippen molar-refractivity contribution in [2.24, 2.45) is 0 Å². The van der Waals surface area contributed by atoms with Gasteiger partial charge in [-0.15, -0.1) is 0 Å². The van der Waals surface area contributed by atoms with E-state index in [9.17, 15) is 20.2 Å². The van der Waals surface area contributed by atoms with Crippen LogP contribution in [0.3, 0.4) is 0 Å². The third-order valence-electron chi connectivity index (χ3n) is 5.04. The number of aromatic nitrogens is 1. The van der Waals surface area contributed by atoms with Gasteiger partial charge in [-0.3, -0.25) is 14.9 Å². The van der Waals surface area contributed by atoms with E-state index in [-0.39, 0.29) is 16.9 Å². The van der Waals surface area contributed by atoms with E-state index >= 15 is 0 Å². The summed E-state index contributed by atoms with van der Waals surface area (Å²) in [6.07, 6.45) is 3.40. The van der Waals surface area contributed by atoms with Gasteiger partial charge in [0.25, 0.3) is 11.6 Å². The van der Waals surface area contributed by atoms with E-state index in [1.807, 2.05) is 65.4 Å². The minimum absolute atomic E-state index is 0.118. The van der Waals surface area contributed by atoms with Gasteiger partial charge in [-0.25, -0.2) is 0 Å². The number of para-hydroxylation sites is 1. The summed E-state index contributed by atoms with van der Waals surface area (Å²) < 4.78 is 2.03. The topological polar surface area (TPSA) is 101 Å². The highest BCUT2D eigenvalue weighted by atomic mass is 35.5. The Hall–Kier alpha value is -4.41. The lowest BCUT2D eigenvalue weighted by molar-refractivity contribution is -0.384. The number of nitro benzene ring substituents is 1. The second-order valence-corrected chi connectivity index (χ2v) is 7.73. The highest BCUT2D eigenvalue weighted by Gasteiger charge is 2.14. The number of rotatable bonds is 6. The molecule has 0 aliphatic rings. The van der Waals surface area contributed by atoms with Gasteiger partial charge in [0.2, 0.25) is 0 Å². The monoisotopic (exact) mass is 456 g/mol. The molecule has 1 heterocycles. The SMILES string of the molecule is N#C/C(=C\c1cn(Cc2cccc(Cl)c2)c2ccccc12)C(=O)Nc1cccc([N+](=O)[O-])c1. The van der Waals surface area contributed by atoms with Crippen LogP contribution in [0.25, 0.3) is 17.0 Å². The molecule has 8 heteroatoms. The fraction of sp³-hybridized carbons (Fsp3) is 0.0400. The van der Waals surface area contributed by atoms with Crippen LogP contribution in [0, 0.1) is 21.4 Å². The van der Waals surface area contributed by atoms with E-state index in [1.165, 1.54) is 30.3 Å². The van der Waals surface area contributed by atoms with Gasteiger partial charge in [-0.1, -0.05) is 48.0 Å². The first kappa shape index (κ1) is 21.8. The molecule has 4 aromatic rings. The second kappa shape index (κ2) is 9.39. The Balaban J connectivity index is 1.66. The van der Waals surface area contributed by atoms with Crippen LogP contribution in [0.1, 0.15) is 11.1 Å². The van der Waals surface area contributed by atoms with Gasteiger partial charge in [-0.2, -0.15) is 5.26 Å². The Morgan fingerprint density at radius 3 is 2.67 bits per heavy atom.